The van der Waals surface area contributed by atoms with Crippen LogP contribution in [-0.2, 0) is 11.2 Å². The van der Waals surface area contributed by atoms with E-state index in [2.05, 4.69) is 10.5 Å². The second-order valence-electron chi connectivity index (χ2n) is 4.68. The van der Waals surface area contributed by atoms with Gasteiger partial charge in [-0.2, -0.15) is 5.10 Å². The molecule has 0 fully saturated rings. The maximum atomic E-state index is 11.9. The van der Waals surface area contributed by atoms with Gasteiger partial charge in [-0.25, -0.2) is 5.43 Å². The number of nitro groups is 1. The van der Waals surface area contributed by atoms with E-state index in [1.165, 1.54) is 30.5 Å². The summed E-state index contributed by atoms with van der Waals surface area (Å²) in [6.45, 7) is 0. The lowest BCUT2D eigenvalue weighted by molar-refractivity contribution is -0.385. The molecule has 0 atom stereocenters. The van der Waals surface area contributed by atoms with Crippen LogP contribution in [0.3, 0.4) is 0 Å². The van der Waals surface area contributed by atoms with Gasteiger partial charge < -0.3 is 5.11 Å². The average molecular weight is 460 g/mol. The quantitative estimate of drug-likeness (QED) is 0.310. The number of nitrogens with one attached hydrogen (secondary N) is 1. The zero-order valence-corrected chi connectivity index (χ0v) is 15.0. The van der Waals surface area contributed by atoms with Crippen LogP contribution < -0.4 is 5.43 Å². The van der Waals surface area contributed by atoms with Gasteiger partial charge >= 0.3 is 0 Å². The SMILES string of the molecule is O=C(Cc1ccccc1[N+](=O)[O-])N/N=C/c1cc(Cl)cc(I)c1O. The molecular formula is C15H11ClIN3O4. The van der Waals surface area contributed by atoms with Gasteiger partial charge in [0, 0.05) is 22.2 Å². The molecule has 0 bridgehead atoms. The molecular weight excluding hydrogens is 449 g/mol. The maximum absolute atomic E-state index is 11.9. The molecule has 0 aliphatic rings. The van der Waals surface area contributed by atoms with E-state index in [4.69, 9.17) is 11.6 Å². The fourth-order valence-electron chi connectivity index (χ4n) is 1.91. The molecule has 7 nitrogen and oxygen atoms in total. The highest BCUT2D eigenvalue weighted by molar-refractivity contribution is 14.1. The Morgan fingerprint density at radius 1 is 1.42 bits per heavy atom. The molecule has 0 heterocycles. The predicted octanol–water partition coefficient (Wildman–Crippen LogP) is 3.25. The number of para-hydroxylation sites is 1. The minimum atomic E-state index is -0.544. The van der Waals surface area contributed by atoms with Crippen molar-refractivity contribution in [3.63, 3.8) is 0 Å². The van der Waals surface area contributed by atoms with Crippen molar-refractivity contribution in [3.05, 3.63) is 66.2 Å². The fraction of sp³-hybridized carbons (Fsp3) is 0.0667. The summed E-state index contributed by atoms with van der Waals surface area (Å²) in [6.07, 6.45) is 1.06. The van der Waals surface area contributed by atoms with Crippen LogP contribution in [0.5, 0.6) is 5.75 Å². The Hall–Kier alpha value is -2.20. The molecule has 0 aromatic heterocycles. The number of hydrogen-bond donors (Lipinski definition) is 2. The van der Waals surface area contributed by atoms with Crippen LogP contribution in [0.2, 0.25) is 5.02 Å². The number of halogens is 2. The molecule has 2 N–H and O–H groups in total. The smallest absolute Gasteiger partial charge is 0.273 e. The number of phenolic OH excluding ortho intramolecular Hbond substituents is 1. The van der Waals surface area contributed by atoms with E-state index in [9.17, 15) is 20.0 Å². The largest absolute Gasteiger partial charge is 0.506 e. The molecule has 2 rings (SSSR count). The number of nitro benzene ring substituents is 1. The first-order valence-electron chi connectivity index (χ1n) is 6.60. The minimum Gasteiger partial charge on any atom is -0.506 e. The molecule has 0 saturated carbocycles. The van der Waals surface area contributed by atoms with Crippen molar-refractivity contribution in [2.24, 2.45) is 5.10 Å². The number of carbonyl (C=O) groups excluding carboxylic acids is 1. The van der Waals surface area contributed by atoms with Gasteiger partial charge in [-0.3, -0.25) is 14.9 Å². The number of rotatable bonds is 5. The molecule has 9 heteroatoms. The first-order chi connectivity index (χ1) is 11.4. The van der Waals surface area contributed by atoms with E-state index in [-0.39, 0.29) is 23.4 Å². The van der Waals surface area contributed by atoms with Crippen LogP contribution in [0.15, 0.2) is 41.5 Å². The average Bonchev–Trinajstić information content (AvgIpc) is 2.52. The Bertz CT molecular complexity index is 826. The zero-order chi connectivity index (χ0) is 17.7. The summed E-state index contributed by atoms with van der Waals surface area (Å²) in [5.41, 5.74) is 2.77. The van der Waals surface area contributed by atoms with Gasteiger partial charge in [0.2, 0.25) is 5.91 Å². The highest BCUT2D eigenvalue weighted by atomic mass is 127. The number of nitrogens with zero attached hydrogens (tertiary/aromatic N) is 2. The Kier molecular flexibility index (Phi) is 6.10. The van der Waals surface area contributed by atoms with Crippen LogP contribution >= 0.6 is 34.2 Å². The third-order valence-electron chi connectivity index (χ3n) is 2.99. The van der Waals surface area contributed by atoms with Crippen molar-refractivity contribution in [1.82, 2.24) is 5.43 Å². The Balaban J connectivity index is 2.06. The summed E-state index contributed by atoms with van der Waals surface area (Å²) in [5.74, 6) is -0.520. The predicted molar refractivity (Wildman–Crippen MR) is 98.4 cm³/mol. The van der Waals surface area contributed by atoms with Gasteiger partial charge in [0.05, 0.1) is 21.1 Å². The van der Waals surface area contributed by atoms with Crippen molar-refractivity contribution in [3.8, 4) is 5.75 Å². The second-order valence-corrected chi connectivity index (χ2v) is 6.28. The number of aromatic hydroxyl groups is 1. The van der Waals surface area contributed by atoms with Crippen molar-refractivity contribution >= 4 is 52.0 Å². The third-order valence-corrected chi connectivity index (χ3v) is 4.03. The standard InChI is InChI=1S/C15H11ClIN3O4/c16-11-5-10(15(22)12(17)7-11)8-18-19-14(21)6-9-3-1-2-4-13(9)20(23)24/h1-5,7-8,22H,6H2,(H,19,21)/b18-8+. The second kappa shape index (κ2) is 8.06. The van der Waals surface area contributed by atoms with Gasteiger partial charge in [0.1, 0.15) is 5.75 Å². The van der Waals surface area contributed by atoms with E-state index >= 15 is 0 Å². The summed E-state index contributed by atoms with van der Waals surface area (Å²) in [4.78, 5) is 22.2. The summed E-state index contributed by atoms with van der Waals surface area (Å²) in [5, 5.41) is 24.9. The molecule has 0 saturated heterocycles. The van der Waals surface area contributed by atoms with Gasteiger partial charge in [0.15, 0.2) is 0 Å². The van der Waals surface area contributed by atoms with Crippen molar-refractivity contribution in [2.45, 2.75) is 6.42 Å². The van der Waals surface area contributed by atoms with Gasteiger partial charge in [-0.1, -0.05) is 29.8 Å². The van der Waals surface area contributed by atoms with E-state index in [0.717, 1.165) is 0 Å². The van der Waals surface area contributed by atoms with Gasteiger partial charge in [-0.05, 0) is 34.7 Å². The third kappa shape index (κ3) is 4.65. The molecule has 24 heavy (non-hydrogen) atoms. The van der Waals surface area contributed by atoms with Crippen LogP contribution in [0.1, 0.15) is 11.1 Å². The number of hydrogen-bond acceptors (Lipinski definition) is 5. The summed E-state index contributed by atoms with van der Waals surface area (Å²) < 4.78 is 0.549. The Morgan fingerprint density at radius 3 is 2.83 bits per heavy atom. The highest BCUT2D eigenvalue weighted by Crippen LogP contribution is 2.27. The van der Waals surface area contributed by atoms with Gasteiger partial charge in [0.25, 0.3) is 5.69 Å². The number of benzene rings is 2. The van der Waals surface area contributed by atoms with Crippen LogP contribution in [0, 0.1) is 13.7 Å². The number of hydrazone groups is 1. The van der Waals surface area contributed by atoms with E-state index < -0.39 is 10.8 Å². The molecule has 0 unspecified atom stereocenters. The minimum absolute atomic E-state index is 0.00306. The number of phenols is 1. The lowest BCUT2D eigenvalue weighted by atomic mass is 10.1. The highest BCUT2D eigenvalue weighted by Gasteiger charge is 2.15. The lowest BCUT2D eigenvalue weighted by Gasteiger charge is -2.04. The van der Waals surface area contributed by atoms with Crippen LogP contribution in [0.4, 0.5) is 5.69 Å². The first kappa shape index (κ1) is 18.1. The molecule has 0 radical (unpaired) electrons. The van der Waals surface area contributed by atoms with E-state index in [0.29, 0.717) is 14.2 Å². The fourth-order valence-corrected chi connectivity index (χ4v) is 2.97. The Morgan fingerprint density at radius 2 is 2.12 bits per heavy atom. The summed E-state index contributed by atoms with van der Waals surface area (Å²) in [6, 6.07) is 9.06. The number of carbonyl (C=O) groups is 1. The number of amides is 1. The molecule has 1 amide bonds. The van der Waals surface area contributed by atoms with Crippen LogP contribution in [0.25, 0.3) is 0 Å². The monoisotopic (exact) mass is 459 g/mol. The molecule has 0 aliphatic heterocycles. The topological polar surface area (TPSA) is 105 Å². The van der Waals surface area contributed by atoms with Crippen molar-refractivity contribution < 1.29 is 14.8 Å². The molecule has 0 aliphatic carbocycles. The van der Waals surface area contributed by atoms with Crippen molar-refractivity contribution in [1.29, 1.82) is 0 Å². The molecule has 124 valence electrons. The summed E-state index contributed by atoms with van der Waals surface area (Å²) in [7, 11) is 0. The molecule has 2 aromatic rings. The first-order valence-corrected chi connectivity index (χ1v) is 8.06. The maximum Gasteiger partial charge on any atom is 0.273 e. The molecule has 0 spiro atoms. The zero-order valence-electron chi connectivity index (χ0n) is 12.1. The normalized spacial score (nSPS) is 10.8. The Labute approximate surface area is 155 Å². The summed E-state index contributed by atoms with van der Waals surface area (Å²) >= 11 is 7.81. The van der Waals surface area contributed by atoms with Gasteiger partial charge in [-0.15, -0.1) is 0 Å². The molecule has 2 aromatic carbocycles. The lowest BCUT2D eigenvalue weighted by Crippen LogP contribution is -2.20. The van der Waals surface area contributed by atoms with E-state index in [1.807, 2.05) is 22.6 Å². The van der Waals surface area contributed by atoms with E-state index in [1.54, 1.807) is 12.1 Å². The van der Waals surface area contributed by atoms with Crippen LogP contribution in [-0.4, -0.2) is 22.2 Å². The van der Waals surface area contributed by atoms with Crippen molar-refractivity contribution in [2.75, 3.05) is 0 Å².